The van der Waals surface area contributed by atoms with Crippen molar-refractivity contribution in [2.75, 3.05) is 21.2 Å². The van der Waals surface area contributed by atoms with Crippen LogP contribution in [0.3, 0.4) is 0 Å². The molecule has 0 atom stereocenters. The SMILES string of the molecule is COC(=NS(=O)(=O)F)N(C)C. The number of methoxy groups -OCH3 is 1. The lowest BCUT2D eigenvalue weighted by atomic mass is 10.9. The largest absolute Gasteiger partial charge is 0.468 e. The van der Waals surface area contributed by atoms with Crippen molar-refractivity contribution >= 4 is 16.4 Å². The van der Waals surface area contributed by atoms with E-state index < -0.39 is 10.4 Å². The molecule has 0 heterocycles. The normalized spacial score (nSPS) is 12.9. The van der Waals surface area contributed by atoms with Gasteiger partial charge in [-0.15, -0.1) is 0 Å². The number of hydrogen-bond acceptors (Lipinski definition) is 3. The van der Waals surface area contributed by atoms with Crippen molar-refractivity contribution in [3.05, 3.63) is 0 Å². The molecule has 0 aliphatic heterocycles. The van der Waals surface area contributed by atoms with Crippen LogP contribution in [0.15, 0.2) is 4.40 Å². The molecule has 66 valence electrons. The first-order valence-corrected chi connectivity index (χ1v) is 3.96. The molecule has 0 amide bonds. The van der Waals surface area contributed by atoms with Crippen LogP contribution in [0.1, 0.15) is 0 Å². The molecule has 0 spiro atoms. The van der Waals surface area contributed by atoms with Crippen molar-refractivity contribution in [3.63, 3.8) is 0 Å². The summed E-state index contributed by atoms with van der Waals surface area (Å²) in [6, 6.07) is -0.299. The minimum absolute atomic E-state index is 0.299. The fraction of sp³-hybridized carbons (Fsp3) is 0.750. The fourth-order valence-corrected chi connectivity index (χ4v) is 0.819. The van der Waals surface area contributed by atoms with E-state index in [1.165, 1.54) is 26.1 Å². The standard InChI is InChI=1S/C4H9FN2O3S/c1-7(2)4(10-3)6-11(5,8)9/h1-3H3. The Morgan fingerprint density at radius 3 is 2.09 bits per heavy atom. The fourth-order valence-electron chi connectivity index (χ4n) is 0.395. The van der Waals surface area contributed by atoms with Crippen LogP contribution in [0.4, 0.5) is 3.89 Å². The zero-order valence-corrected chi connectivity index (χ0v) is 7.22. The van der Waals surface area contributed by atoms with Gasteiger partial charge in [-0.2, -0.15) is 8.42 Å². The number of nitrogens with zero attached hydrogens (tertiary/aromatic N) is 2. The average Bonchev–Trinajstić information content (AvgIpc) is 1.80. The highest BCUT2D eigenvalue weighted by Gasteiger charge is 2.09. The summed E-state index contributed by atoms with van der Waals surface area (Å²) in [4.78, 5) is 1.23. The summed E-state index contributed by atoms with van der Waals surface area (Å²) in [6.07, 6.45) is 0. The monoisotopic (exact) mass is 184 g/mol. The van der Waals surface area contributed by atoms with Crippen LogP contribution in [0.2, 0.25) is 0 Å². The molecule has 0 aliphatic carbocycles. The number of rotatable bonds is 1. The van der Waals surface area contributed by atoms with Gasteiger partial charge < -0.3 is 9.64 Å². The molecule has 0 bridgehead atoms. The maximum Gasteiger partial charge on any atom is 0.422 e. The zero-order chi connectivity index (χ0) is 9.07. The molecule has 0 N–H and O–H groups in total. The second-order valence-corrected chi connectivity index (χ2v) is 2.89. The van der Waals surface area contributed by atoms with E-state index >= 15 is 0 Å². The van der Waals surface area contributed by atoms with Gasteiger partial charge in [-0.1, -0.05) is 8.28 Å². The summed E-state index contributed by atoms with van der Waals surface area (Å²) in [5, 5.41) is 0. The molecule has 7 heteroatoms. The molecule has 0 radical (unpaired) electrons. The van der Waals surface area contributed by atoms with Gasteiger partial charge >= 0.3 is 16.4 Å². The first-order valence-electron chi connectivity index (χ1n) is 2.62. The predicted octanol–water partition coefficient (Wildman–Crippen LogP) is -0.235. The molecule has 0 fully saturated rings. The first-order chi connectivity index (χ1) is 4.87. The minimum atomic E-state index is -4.86. The van der Waals surface area contributed by atoms with Gasteiger partial charge in [0.1, 0.15) is 0 Å². The Morgan fingerprint density at radius 2 is 2.00 bits per heavy atom. The van der Waals surface area contributed by atoms with E-state index in [1.54, 1.807) is 0 Å². The summed E-state index contributed by atoms with van der Waals surface area (Å²) in [6.45, 7) is 0. The molecule has 0 saturated carbocycles. The maximum absolute atomic E-state index is 11.9. The van der Waals surface area contributed by atoms with E-state index in [4.69, 9.17) is 0 Å². The van der Waals surface area contributed by atoms with E-state index in [2.05, 4.69) is 9.13 Å². The van der Waals surface area contributed by atoms with Crippen molar-refractivity contribution in [1.82, 2.24) is 4.90 Å². The lowest BCUT2D eigenvalue weighted by Gasteiger charge is -2.11. The zero-order valence-electron chi connectivity index (χ0n) is 6.41. The molecule has 0 unspecified atom stereocenters. The molecular formula is C4H9FN2O3S. The van der Waals surface area contributed by atoms with Crippen LogP contribution in [-0.4, -0.2) is 40.5 Å². The van der Waals surface area contributed by atoms with Crippen molar-refractivity contribution in [3.8, 4) is 0 Å². The van der Waals surface area contributed by atoms with Crippen LogP contribution in [-0.2, 0) is 15.1 Å². The average molecular weight is 184 g/mol. The Morgan fingerprint density at radius 1 is 1.55 bits per heavy atom. The quantitative estimate of drug-likeness (QED) is 0.321. The highest BCUT2D eigenvalue weighted by Crippen LogP contribution is 1.95. The van der Waals surface area contributed by atoms with E-state index in [-0.39, 0.29) is 6.02 Å². The van der Waals surface area contributed by atoms with Gasteiger partial charge in [0.2, 0.25) is 0 Å². The number of hydrogen-bond donors (Lipinski definition) is 0. The van der Waals surface area contributed by atoms with Crippen molar-refractivity contribution in [2.24, 2.45) is 4.40 Å². The lowest BCUT2D eigenvalue weighted by Crippen LogP contribution is -2.24. The van der Waals surface area contributed by atoms with Crippen LogP contribution in [0.25, 0.3) is 0 Å². The Hall–Kier alpha value is -0.850. The summed E-state index contributed by atoms with van der Waals surface area (Å²) in [7, 11) is -0.701. The van der Waals surface area contributed by atoms with E-state index in [0.717, 1.165) is 0 Å². The molecule has 0 aromatic heterocycles. The molecule has 0 aromatic carbocycles. The highest BCUT2D eigenvalue weighted by molar-refractivity contribution is 7.85. The third kappa shape index (κ3) is 4.54. The van der Waals surface area contributed by atoms with Crippen molar-refractivity contribution in [1.29, 1.82) is 0 Å². The topological polar surface area (TPSA) is 59.0 Å². The van der Waals surface area contributed by atoms with Crippen molar-refractivity contribution in [2.45, 2.75) is 0 Å². The summed E-state index contributed by atoms with van der Waals surface area (Å²) in [5.41, 5.74) is 0. The minimum Gasteiger partial charge on any atom is -0.468 e. The smallest absolute Gasteiger partial charge is 0.422 e. The van der Waals surface area contributed by atoms with Crippen LogP contribution >= 0.6 is 0 Å². The molecule has 5 nitrogen and oxygen atoms in total. The van der Waals surface area contributed by atoms with Crippen LogP contribution in [0, 0.1) is 0 Å². The second-order valence-electron chi connectivity index (χ2n) is 1.88. The molecule has 0 aromatic rings. The van der Waals surface area contributed by atoms with Crippen molar-refractivity contribution < 1.29 is 17.0 Å². The molecule has 0 saturated heterocycles. The van der Waals surface area contributed by atoms with Gasteiger partial charge in [0, 0.05) is 14.1 Å². The Balaban J connectivity index is 4.64. The van der Waals surface area contributed by atoms with Gasteiger partial charge in [-0.3, -0.25) is 0 Å². The van der Waals surface area contributed by atoms with E-state index in [9.17, 15) is 12.3 Å². The summed E-state index contributed by atoms with van der Waals surface area (Å²) < 4.78 is 38.9. The third-order valence-corrected chi connectivity index (χ3v) is 1.13. The number of halogens is 1. The van der Waals surface area contributed by atoms with Crippen LogP contribution in [0.5, 0.6) is 0 Å². The maximum atomic E-state index is 11.9. The Kier molecular flexibility index (Phi) is 3.24. The first kappa shape index (κ1) is 10.2. The molecule has 0 aliphatic rings. The van der Waals surface area contributed by atoms with E-state index in [1.807, 2.05) is 0 Å². The third-order valence-electron chi connectivity index (χ3n) is 0.752. The molecule has 0 rings (SSSR count). The van der Waals surface area contributed by atoms with Gasteiger partial charge in [0.15, 0.2) is 0 Å². The molecule has 11 heavy (non-hydrogen) atoms. The van der Waals surface area contributed by atoms with Gasteiger partial charge in [0.05, 0.1) is 7.11 Å². The number of ether oxygens (including phenoxy) is 1. The molecular weight excluding hydrogens is 175 g/mol. The van der Waals surface area contributed by atoms with Gasteiger partial charge in [-0.25, -0.2) is 0 Å². The Labute approximate surface area is 64.8 Å². The van der Waals surface area contributed by atoms with E-state index in [0.29, 0.717) is 0 Å². The lowest BCUT2D eigenvalue weighted by molar-refractivity contribution is 0.332. The summed E-state index contributed by atoms with van der Waals surface area (Å²) in [5.74, 6) is 0. The summed E-state index contributed by atoms with van der Waals surface area (Å²) >= 11 is 0. The second kappa shape index (κ2) is 3.51. The Bertz CT molecular complexity index is 246. The number of amidine groups is 1. The van der Waals surface area contributed by atoms with Crippen LogP contribution < -0.4 is 0 Å². The predicted molar refractivity (Wildman–Crippen MR) is 38.2 cm³/mol. The highest BCUT2D eigenvalue weighted by atomic mass is 32.3. The van der Waals surface area contributed by atoms with Gasteiger partial charge in [-0.05, 0) is 0 Å². The van der Waals surface area contributed by atoms with Gasteiger partial charge in [0.25, 0.3) is 0 Å².